The summed E-state index contributed by atoms with van der Waals surface area (Å²) in [6.45, 7) is 2.20. The van der Waals surface area contributed by atoms with Crippen molar-refractivity contribution in [3.05, 3.63) is 48.3 Å². The molecule has 120 valence electrons. The van der Waals surface area contributed by atoms with Crippen LogP contribution >= 0.6 is 0 Å². The average molecular weight is 315 g/mol. The first-order chi connectivity index (χ1) is 11.1. The Kier molecular flexibility index (Phi) is 4.43. The van der Waals surface area contributed by atoms with Gasteiger partial charge >= 0.3 is 6.03 Å². The van der Waals surface area contributed by atoms with Crippen molar-refractivity contribution in [2.45, 2.75) is 0 Å². The van der Waals surface area contributed by atoms with Gasteiger partial charge in [0.2, 0.25) is 0 Å². The topological polar surface area (TPSA) is 67.6 Å². The summed E-state index contributed by atoms with van der Waals surface area (Å²) in [5.41, 5.74) is 8.69. The second kappa shape index (κ2) is 6.66. The van der Waals surface area contributed by atoms with Crippen molar-refractivity contribution in [1.29, 1.82) is 0 Å². The van der Waals surface area contributed by atoms with Gasteiger partial charge in [-0.2, -0.15) is 0 Å². The van der Waals surface area contributed by atoms with Crippen molar-refractivity contribution in [2.75, 3.05) is 37.4 Å². The van der Waals surface area contributed by atoms with E-state index in [-0.39, 0.29) is 11.8 Å². The molecule has 6 heteroatoms. The van der Waals surface area contributed by atoms with Crippen LogP contribution < -0.4 is 11.1 Å². The molecule has 1 aliphatic rings. The van der Waals surface area contributed by atoms with Gasteiger partial charge in [0.15, 0.2) is 0 Å². The second-order valence-electron chi connectivity index (χ2n) is 5.34. The van der Waals surface area contributed by atoms with Crippen LogP contribution in [0.4, 0.5) is 20.6 Å². The van der Waals surface area contributed by atoms with Gasteiger partial charge in [0.25, 0.3) is 0 Å². The summed E-state index contributed by atoms with van der Waals surface area (Å²) in [5, 5.41) is 2.83. The molecule has 0 spiro atoms. The van der Waals surface area contributed by atoms with Gasteiger partial charge in [-0.1, -0.05) is 18.2 Å². The van der Waals surface area contributed by atoms with Gasteiger partial charge in [0.05, 0.1) is 24.6 Å². The van der Waals surface area contributed by atoms with Gasteiger partial charge in [0.1, 0.15) is 5.82 Å². The summed E-state index contributed by atoms with van der Waals surface area (Å²) >= 11 is 0. The molecule has 2 aromatic carbocycles. The van der Waals surface area contributed by atoms with Gasteiger partial charge in [-0.25, -0.2) is 9.18 Å². The molecular formula is C17H18FN3O2. The summed E-state index contributed by atoms with van der Waals surface area (Å²) in [7, 11) is 0. The lowest BCUT2D eigenvalue weighted by atomic mass is 10.0. The smallest absolute Gasteiger partial charge is 0.322 e. The zero-order valence-corrected chi connectivity index (χ0v) is 12.6. The summed E-state index contributed by atoms with van der Waals surface area (Å²) in [6.07, 6.45) is 0. The third kappa shape index (κ3) is 3.60. The van der Waals surface area contributed by atoms with Crippen LogP contribution in [0.2, 0.25) is 0 Å². The Hall–Kier alpha value is -2.60. The number of carbonyl (C=O) groups excluding carboxylic acids is 1. The Bertz CT molecular complexity index is 697. The first-order valence-corrected chi connectivity index (χ1v) is 7.42. The van der Waals surface area contributed by atoms with Crippen molar-refractivity contribution in [2.24, 2.45) is 0 Å². The predicted molar refractivity (Wildman–Crippen MR) is 87.7 cm³/mol. The minimum absolute atomic E-state index is 0.198. The first kappa shape index (κ1) is 15.3. The van der Waals surface area contributed by atoms with E-state index in [9.17, 15) is 9.18 Å². The molecule has 3 rings (SSSR count). The molecular weight excluding hydrogens is 297 g/mol. The summed E-state index contributed by atoms with van der Waals surface area (Å²) in [6, 6.07) is 11.3. The highest BCUT2D eigenvalue weighted by atomic mass is 19.1. The number of nitrogen functional groups attached to an aromatic ring is 1. The van der Waals surface area contributed by atoms with E-state index in [0.29, 0.717) is 37.7 Å². The van der Waals surface area contributed by atoms with Crippen LogP contribution in [0.1, 0.15) is 0 Å². The number of halogens is 1. The SMILES string of the molecule is Nc1ccc(-c2ccc(F)cc2)cc1NC(=O)N1CCOCC1. The number of hydrogen-bond acceptors (Lipinski definition) is 3. The first-order valence-electron chi connectivity index (χ1n) is 7.42. The molecule has 2 aromatic rings. The molecule has 1 saturated heterocycles. The predicted octanol–water partition coefficient (Wildman–Crippen LogP) is 2.94. The highest BCUT2D eigenvalue weighted by Crippen LogP contribution is 2.27. The number of morpholine rings is 1. The van der Waals surface area contributed by atoms with Crippen molar-refractivity contribution >= 4 is 17.4 Å². The molecule has 0 unspecified atom stereocenters. The lowest BCUT2D eigenvalue weighted by Crippen LogP contribution is -2.43. The molecule has 1 aliphatic heterocycles. The summed E-state index contributed by atoms with van der Waals surface area (Å²) in [5.74, 6) is -0.287. The van der Waals surface area contributed by atoms with Gasteiger partial charge in [-0.05, 0) is 35.4 Å². The van der Waals surface area contributed by atoms with Crippen molar-refractivity contribution < 1.29 is 13.9 Å². The highest BCUT2D eigenvalue weighted by Gasteiger charge is 2.17. The summed E-state index contributed by atoms with van der Waals surface area (Å²) < 4.78 is 18.3. The van der Waals surface area contributed by atoms with Crippen LogP contribution in [-0.2, 0) is 4.74 Å². The Morgan fingerprint density at radius 1 is 1.09 bits per heavy atom. The van der Waals surface area contributed by atoms with Gasteiger partial charge in [0, 0.05) is 13.1 Å². The van der Waals surface area contributed by atoms with E-state index in [2.05, 4.69) is 5.32 Å². The van der Waals surface area contributed by atoms with Crippen LogP contribution in [0.5, 0.6) is 0 Å². The fourth-order valence-electron chi connectivity index (χ4n) is 2.45. The number of hydrogen-bond donors (Lipinski definition) is 2. The lowest BCUT2D eigenvalue weighted by molar-refractivity contribution is 0.0564. The van der Waals surface area contributed by atoms with E-state index >= 15 is 0 Å². The maximum Gasteiger partial charge on any atom is 0.322 e. The minimum atomic E-state index is -0.287. The molecule has 1 heterocycles. The average Bonchev–Trinajstić information content (AvgIpc) is 2.58. The molecule has 5 nitrogen and oxygen atoms in total. The van der Waals surface area contributed by atoms with E-state index in [1.807, 2.05) is 6.07 Å². The molecule has 2 amide bonds. The number of nitrogens with one attached hydrogen (secondary N) is 1. The van der Waals surface area contributed by atoms with Crippen molar-refractivity contribution in [3.63, 3.8) is 0 Å². The maximum atomic E-state index is 13.0. The number of nitrogens with zero attached hydrogens (tertiary/aromatic N) is 1. The largest absolute Gasteiger partial charge is 0.397 e. The number of anilines is 2. The fourth-order valence-corrected chi connectivity index (χ4v) is 2.45. The number of urea groups is 1. The van der Waals surface area contributed by atoms with Crippen LogP contribution in [0.25, 0.3) is 11.1 Å². The second-order valence-corrected chi connectivity index (χ2v) is 5.34. The van der Waals surface area contributed by atoms with Crippen LogP contribution in [0, 0.1) is 5.82 Å². The standard InChI is InChI=1S/C17H18FN3O2/c18-14-4-1-12(2-5-14)13-3-6-15(19)16(11-13)20-17(22)21-7-9-23-10-8-21/h1-6,11H,7-10,19H2,(H,20,22). The Balaban J connectivity index is 1.80. The van der Waals surface area contributed by atoms with E-state index in [4.69, 9.17) is 10.5 Å². The molecule has 1 fully saturated rings. The van der Waals surface area contributed by atoms with Crippen LogP contribution in [-0.4, -0.2) is 37.2 Å². The normalized spacial score (nSPS) is 14.6. The fraction of sp³-hybridized carbons (Fsp3) is 0.235. The third-order valence-corrected chi connectivity index (χ3v) is 3.77. The quantitative estimate of drug-likeness (QED) is 0.837. The van der Waals surface area contributed by atoms with E-state index in [1.165, 1.54) is 12.1 Å². The van der Waals surface area contributed by atoms with Gasteiger partial charge in [-0.15, -0.1) is 0 Å². The van der Waals surface area contributed by atoms with Crippen LogP contribution in [0.3, 0.4) is 0 Å². The molecule has 23 heavy (non-hydrogen) atoms. The Morgan fingerprint density at radius 2 is 1.74 bits per heavy atom. The van der Waals surface area contributed by atoms with E-state index in [0.717, 1.165) is 11.1 Å². The third-order valence-electron chi connectivity index (χ3n) is 3.77. The number of carbonyl (C=O) groups is 1. The number of nitrogens with two attached hydrogens (primary N) is 1. The number of rotatable bonds is 2. The van der Waals surface area contributed by atoms with Gasteiger partial charge in [-0.3, -0.25) is 0 Å². The Morgan fingerprint density at radius 3 is 2.43 bits per heavy atom. The molecule has 0 aliphatic carbocycles. The number of ether oxygens (including phenoxy) is 1. The minimum Gasteiger partial charge on any atom is -0.397 e. The molecule has 0 saturated carbocycles. The monoisotopic (exact) mass is 315 g/mol. The lowest BCUT2D eigenvalue weighted by Gasteiger charge is -2.27. The molecule has 0 bridgehead atoms. The molecule has 0 radical (unpaired) electrons. The molecule has 3 N–H and O–H groups in total. The number of benzene rings is 2. The summed E-state index contributed by atoms with van der Waals surface area (Å²) in [4.78, 5) is 14.0. The number of amides is 2. The van der Waals surface area contributed by atoms with Gasteiger partial charge < -0.3 is 20.7 Å². The Labute approximate surface area is 133 Å². The van der Waals surface area contributed by atoms with Crippen molar-refractivity contribution in [3.8, 4) is 11.1 Å². The molecule has 0 atom stereocenters. The van der Waals surface area contributed by atoms with Crippen LogP contribution in [0.15, 0.2) is 42.5 Å². The zero-order chi connectivity index (χ0) is 16.2. The molecule has 0 aromatic heterocycles. The highest BCUT2D eigenvalue weighted by molar-refractivity contribution is 5.94. The maximum absolute atomic E-state index is 13.0. The van der Waals surface area contributed by atoms with E-state index in [1.54, 1.807) is 29.2 Å². The zero-order valence-electron chi connectivity index (χ0n) is 12.6. The van der Waals surface area contributed by atoms with Crippen molar-refractivity contribution in [1.82, 2.24) is 4.90 Å². The van der Waals surface area contributed by atoms with E-state index < -0.39 is 0 Å².